The Hall–Kier alpha value is -2.64. The van der Waals surface area contributed by atoms with Crippen molar-refractivity contribution < 1.29 is 10.1 Å². The van der Waals surface area contributed by atoms with Gasteiger partial charge in [-0.05, 0) is 34.7 Å². The summed E-state index contributed by atoms with van der Waals surface area (Å²) in [6.07, 6.45) is -0.545. The van der Waals surface area contributed by atoms with Gasteiger partial charge in [0.1, 0.15) is 0 Å². The molecule has 7 nitrogen and oxygen atoms in total. The molecule has 0 saturated carbocycles. The van der Waals surface area contributed by atoms with Crippen LogP contribution in [-0.2, 0) is 4.79 Å². The fraction of sp³-hybridized carbons (Fsp3) is 0.133. The smallest absolute Gasteiger partial charge is 0.318 e. The number of amides is 1. The van der Waals surface area contributed by atoms with Crippen LogP contribution in [0.5, 0.6) is 0 Å². The first kappa shape index (κ1) is 15.3. The zero-order valence-corrected chi connectivity index (χ0v) is 12.8. The summed E-state index contributed by atoms with van der Waals surface area (Å²) in [6, 6.07) is 15.8. The molecule has 1 atom stereocenters. The van der Waals surface area contributed by atoms with Crippen molar-refractivity contribution in [2.24, 2.45) is 20.7 Å². The predicted octanol–water partition coefficient (Wildman–Crippen LogP) is 2.70. The van der Waals surface area contributed by atoms with Gasteiger partial charge in [0, 0.05) is 16.3 Å². The Morgan fingerprint density at radius 2 is 1.70 bits per heavy atom. The van der Waals surface area contributed by atoms with E-state index in [2.05, 4.69) is 26.0 Å². The fourth-order valence-corrected chi connectivity index (χ4v) is 2.31. The maximum Gasteiger partial charge on any atom is 0.318 e. The third kappa shape index (κ3) is 3.97. The number of hydrogen-bond donors (Lipinski definition) is 2. The molecule has 0 aromatic heterocycles. The summed E-state index contributed by atoms with van der Waals surface area (Å²) in [5, 5.41) is 19.8. The fourth-order valence-electron chi connectivity index (χ4n) is 2.19. The topological polar surface area (TPSA) is 95.2 Å². The summed E-state index contributed by atoms with van der Waals surface area (Å²) in [7, 11) is 0. The van der Waals surface area contributed by atoms with E-state index in [1.54, 1.807) is 29.6 Å². The minimum Gasteiger partial charge on any atom is -0.321 e. The van der Waals surface area contributed by atoms with Gasteiger partial charge in [0.15, 0.2) is 6.04 Å². The number of nitrogens with zero attached hydrogens (tertiary/aromatic N) is 4. The van der Waals surface area contributed by atoms with E-state index in [4.69, 9.17) is 11.6 Å². The molecule has 116 valence electrons. The highest BCUT2D eigenvalue weighted by atomic mass is 35.5. The minimum absolute atomic E-state index is 0.184. The summed E-state index contributed by atoms with van der Waals surface area (Å²) in [5.74, 6) is -0.184. The van der Waals surface area contributed by atoms with Crippen molar-refractivity contribution in [3.8, 4) is 0 Å². The molecule has 1 amide bonds. The third-order valence-corrected chi connectivity index (χ3v) is 3.55. The van der Waals surface area contributed by atoms with E-state index in [-0.39, 0.29) is 5.91 Å². The number of carbonyl (C=O) groups excluding carboxylic acids is 1. The van der Waals surface area contributed by atoms with Crippen LogP contribution in [0.25, 0.3) is 0 Å². The quantitative estimate of drug-likeness (QED) is 0.866. The van der Waals surface area contributed by atoms with Gasteiger partial charge in [-0.2, -0.15) is 0 Å². The van der Waals surface area contributed by atoms with E-state index in [0.717, 1.165) is 5.56 Å². The molecule has 1 aliphatic rings. The van der Waals surface area contributed by atoms with Crippen LogP contribution in [0, 0.1) is 0 Å². The average molecular weight is 330 g/mol. The normalized spacial score (nSPS) is 14.8. The lowest BCUT2D eigenvalue weighted by atomic mass is 10.1. The van der Waals surface area contributed by atoms with Gasteiger partial charge in [0.2, 0.25) is 0 Å². The Morgan fingerprint density at radius 1 is 1.04 bits per heavy atom. The summed E-state index contributed by atoms with van der Waals surface area (Å²) in [6.45, 7) is 0. The van der Waals surface area contributed by atoms with Crippen molar-refractivity contribution in [2.45, 2.75) is 12.3 Å². The maximum absolute atomic E-state index is 12.7. The molecule has 3 N–H and O–H groups in total. The van der Waals surface area contributed by atoms with Crippen LogP contribution in [-0.4, -0.2) is 12.2 Å². The number of nitrogens with one attached hydrogen (secondary N) is 1. The second kappa shape index (κ2) is 7.08. The molecule has 2 aromatic carbocycles. The molecule has 2 aromatic rings. The molecule has 1 aliphatic heterocycles. The monoisotopic (exact) mass is 329 g/mol. The van der Waals surface area contributed by atoms with Crippen molar-refractivity contribution in [2.75, 3.05) is 5.32 Å². The number of benzene rings is 2. The van der Waals surface area contributed by atoms with Crippen LogP contribution in [0.3, 0.4) is 0 Å². The molecule has 23 heavy (non-hydrogen) atoms. The lowest BCUT2D eigenvalue weighted by Gasteiger charge is -2.16. The lowest BCUT2D eigenvalue weighted by Crippen LogP contribution is -2.91. The first-order valence-corrected chi connectivity index (χ1v) is 7.36. The standard InChI is InChI=1S/C15H13ClN6O/c16-11-6-8-12(9-7-11)17-14(23)13(10-4-2-1-3-5-10)18-15-19-21-22-20-15/h1-9,13,15,18H,(H,17,23)/p+1/t13-/m1/s1. The number of carbonyl (C=O) groups is 1. The first-order chi connectivity index (χ1) is 11.2. The van der Waals surface area contributed by atoms with Crippen LogP contribution >= 0.6 is 11.6 Å². The van der Waals surface area contributed by atoms with Gasteiger partial charge in [-0.1, -0.05) is 52.2 Å². The minimum atomic E-state index is -0.545. The van der Waals surface area contributed by atoms with E-state index in [9.17, 15) is 4.79 Å². The Morgan fingerprint density at radius 3 is 2.35 bits per heavy atom. The molecule has 0 fully saturated rings. The van der Waals surface area contributed by atoms with Crippen molar-refractivity contribution in [1.82, 2.24) is 0 Å². The highest BCUT2D eigenvalue weighted by molar-refractivity contribution is 6.30. The van der Waals surface area contributed by atoms with E-state index in [1.807, 2.05) is 30.3 Å². The van der Waals surface area contributed by atoms with Crippen molar-refractivity contribution in [3.05, 3.63) is 65.2 Å². The van der Waals surface area contributed by atoms with Crippen LogP contribution in [0.1, 0.15) is 11.6 Å². The summed E-state index contributed by atoms with van der Waals surface area (Å²) in [5.41, 5.74) is 1.51. The number of nitrogens with two attached hydrogens (primary N) is 1. The van der Waals surface area contributed by atoms with E-state index in [0.29, 0.717) is 10.7 Å². The van der Waals surface area contributed by atoms with Gasteiger partial charge in [-0.15, -0.1) is 0 Å². The highest BCUT2D eigenvalue weighted by Gasteiger charge is 2.29. The van der Waals surface area contributed by atoms with Gasteiger partial charge in [0.25, 0.3) is 5.91 Å². The molecule has 0 radical (unpaired) electrons. The molecule has 3 rings (SSSR count). The summed E-state index contributed by atoms with van der Waals surface area (Å²) >= 11 is 5.86. The molecular formula is C15H14ClN6O+. The Bertz CT molecular complexity index is 719. The second-order valence-electron chi connectivity index (χ2n) is 4.90. The highest BCUT2D eigenvalue weighted by Crippen LogP contribution is 2.16. The zero-order valence-electron chi connectivity index (χ0n) is 12.0. The predicted molar refractivity (Wildman–Crippen MR) is 84.7 cm³/mol. The average Bonchev–Trinajstić information content (AvgIpc) is 3.09. The van der Waals surface area contributed by atoms with Crippen molar-refractivity contribution in [3.63, 3.8) is 0 Å². The first-order valence-electron chi connectivity index (χ1n) is 6.99. The largest absolute Gasteiger partial charge is 0.321 e. The molecule has 0 unspecified atom stereocenters. The van der Waals surface area contributed by atoms with E-state index >= 15 is 0 Å². The number of halogens is 1. The van der Waals surface area contributed by atoms with Crippen LogP contribution < -0.4 is 10.6 Å². The van der Waals surface area contributed by atoms with Gasteiger partial charge >= 0.3 is 6.29 Å². The van der Waals surface area contributed by atoms with Crippen molar-refractivity contribution in [1.29, 1.82) is 0 Å². The molecule has 0 bridgehead atoms. The van der Waals surface area contributed by atoms with Crippen molar-refractivity contribution >= 4 is 23.2 Å². The Labute approximate surface area is 137 Å². The summed E-state index contributed by atoms with van der Waals surface area (Å²) in [4.78, 5) is 12.7. The maximum atomic E-state index is 12.7. The van der Waals surface area contributed by atoms with E-state index < -0.39 is 12.3 Å². The zero-order chi connectivity index (χ0) is 16.1. The molecule has 8 heteroatoms. The molecule has 1 heterocycles. The van der Waals surface area contributed by atoms with E-state index in [1.165, 1.54) is 0 Å². The molecule has 0 aliphatic carbocycles. The number of hydrogen-bond acceptors (Lipinski definition) is 5. The van der Waals surface area contributed by atoms with Crippen LogP contribution in [0.4, 0.5) is 5.69 Å². The number of quaternary nitrogens is 1. The van der Waals surface area contributed by atoms with Crippen LogP contribution in [0.2, 0.25) is 5.02 Å². The second-order valence-corrected chi connectivity index (χ2v) is 5.34. The molecule has 0 spiro atoms. The Balaban J connectivity index is 1.79. The number of rotatable bonds is 5. The molecular weight excluding hydrogens is 316 g/mol. The Kier molecular flexibility index (Phi) is 4.70. The summed E-state index contributed by atoms with van der Waals surface area (Å²) < 4.78 is 0. The van der Waals surface area contributed by atoms with Crippen LogP contribution in [0.15, 0.2) is 75.3 Å². The SMILES string of the molecule is O=C(Nc1ccc(Cl)cc1)[C@H]([NH2+]C1N=NN=N1)c1ccccc1. The van der Waals surface area contributed by atoms with Gasteiger partial charge in [-0.3, -0.25) is 10.1 Å². The van der Waals surface area contributed by atoms with Gasteiger partial charge < -0.3 is 5.32 Å². The van der Waals surface area contributed by atoms with Gasteiger partial charge in [-0.25, -0.2) is 0 Å². The van der Waals surface area contributed by atoms with Gasteiger partial charge in [0.05, 0.1) is 0 Å². The third-order valence-electron chi connectivity index (χ3n) is 3.30. The lowest BCUT2D eigenvalue weighted by molar-refractivity contribution is -0.713. The molecule has 0 saturated heterocycles. The number of anilines is 1.